The number of hydrogen-bond acceptors (Lipinski definition) is 2. The van der Waals surface area contributed by atoms with Gasteiger partial charge in [0.25, 0.3) is 0 Å². The zero-order valence-corrected chi connectivity index (χ0v) is 8.53. The minimum absolute atomic E-state index is 0.240. The minimum Gasteiger partial charge on any atom is -0.388 e. The van der Waals surface area contributed by atoms with Gasteiger partial charge in [0, 0.05) is 13.2 Å². The van der Waals surface area contributed by atoms with Gasteiger partial charge in [-0.25, -0.2) is 4.39 Å². The quantitative estimate of drug-likeness (QED) is 0.811. The van der Waals surface area contributed by atoms with Gasteiger partial charge in [0.2, 0.25) is 0 Å². The van der Waals surface area contributed by atoms with Crippen LogP contribution in [-0.2, 0) is 4.74 Å². The first-order valence-corrected chi connectivity index (χ1v) is 5.28. The summed E-state index contributed by atoms with van der Waals surface area (Å²) in [5.74, 6) is -0.0258. The predicted molar refractivity (Wildman–Crippen MR) is 54.9 cm³/mol. The highest BCUT2D eigenvalue weighted by atomic mass is 19.1. The smallest absolute Gasteiger partial charge is 0.123 e. The lowest BCUT2D eigenvalue weighted by molar-refractivity contribution is 0.00716. The van der Waals surface area contributed by atoms with Gasteiger partial charge in [-0.2, -0.15) is 0 Å². The Hall–Kier alpha value is -0.930. The van der Waals surface area contributed by atoms with Gasteiger partial charge in [0.05, 0.1) is 6.10 Å². The number of hydrogen-bond donors (Lipinski definition) is 1. The summed E-state index contributed by atoms with van der Waals surface area (Å²) in [7, 11) is 0. The van der Waals surface area contributed by atoms with Gasteiger partial charge in [-0.05, 0) is 36.5 Å². The van der Waals surface area contributed by atoms with E-state index in [0.29, 0.717) is 13.2 Å². The summed E-state index contributed by atoms with van der Waals surface area (Å²) in [5.41, 5.74) is 0.795. The summed E-state index contributed by atoms with van der Waals surface area (Å²) in [4.78, 5) is 0. The van der Waals surface area contributed by atoms with Crippen molar-refractivity contribution in [2.24, 2.45) is 5.92 Å². The second-order valence-electron chi connectivity index (χ2n) is 3.95. The van der Waals surface area contributed by atoms with Crippen LogP contribution in [0.2, 0.25) is 0 Å². The summed E-state index contributed by atoms with van der Waals surface area (Å²) < 4.78 is 17.9. The van der Waals surface area contributed by atoms with Crippen molar-refractivity contribution in [3.8, 4) is 0 Å². The molecule has 2 rings (SSSR count). The molecule has 1 heterocycles. The summed E-state index contributed by atoms with van der Waals surface area (Å²) in [5, 5.41) is 10.1. The highest BCUT2D eigenvalue weighted by molar-refractivity contribution is 5.19. The van der Waals surface area contributed by atoms with Gasteiger partial charge < -0.3 is 9.84 Å². The fourth-order valence-electron chi connectivity index (χ4n) is 1.96. The summed E-state index contributed by atoms with van der Waals surface area (Å²) in [6.45, 7) is 1.42. The van der Waals surface area contributed by atoms with Crippen molar-refractivity contribution in [1.29, 1.82) is 0 Å². The third-order valence-corrected chi connectivity index (χ3v) is 2.92. The third-order valence-electron chi connectivity index (χ3n) is 2.92. The van der Waals surface area contributed by atoms with Gasteiger partial charge in [-0.15, -0.1) is 0 Å². The van der Waals surface area contributed by atoms with Crippen LogP contribution in [0.15, 0.2) is 24.3 Å². The van der Waals surface area contributed by atoms with Crippen LogP contribution in [0.3, 0.4) is 0 Å². The SMILES string of the molecule is O[C@H](c1ccc(F)cc1)C1CCOCC1. The second kappa shape index (κ2) is 4.73. The van der Waals surface area contributed by atoms with Crippen LogP contribution in [0.4, 0.5) is 4.39 Å². The van der Waals surface area contributed by atoms with E-state index >= 15 is 0 Å². The van der Waals surface area contributed by atoms with E-state index in [1.165, 1.54) is 12.1 Å². The van der Waals surface area contributed by atoms with Crippen molar-refractivity contribution in [3.05, 3.63) is 35.6 Å². The van der Waals surface area contributed by atoms with Crippen LogP contribution in [0.25, 0.3) is 0 Å². The van der Waals surface area contributed by atoms with Crippen LogP contribution < -0.4 is 0 Å². The van der Waals surface area contributed by atoms with Gasteiger partial charge >= 0.3 is 0 Å². The van der Waals surface area contributed by atoms with Crippen LogP contribution in [0, 0.1) is 11.7 Å². The van der Waals surface area contributed by atoms with Gasteiger partial charge in [-0.3, -0.25) is 0 Å². The molecule has 0 saturated carbocycles. The molecule has 82 valence electrons. The Kier molecular flexibility index (Phi) is 3.34. The van der Waals surface area contributed by atoms with Crippen LogP contribution in [0.5, 0.6) is 0 Å². The molecule has 1 aromatic rings. The molecule has 1 aliphatic rings. The first kappa shape index (κ1) is 10.6. The Bertz CT molecular complexity index is 304. The van der Waals surface area contributed by atoms with Crippen molar-refractivity contribution in [3.63, 3.8) is 0 Å². The Balaban J connectivity index is 2.05. The van der Waals surface area contributed by atoms with Crippen molar-refractivity contribution < 1.29 is 14.2 Å². The maximum Gasteiger partial charge on any atom is 0.123 e. The molecule has 1 fully saturated rings. The lowest BCUT2D eigenvalue weighted by Gasteiger charge is -2.26. The lowest BCUT2D eigenvalue weighted by Crippen LogP contribution is -2.21. The second-order valence-corrected chi connectivity index (χ2v) is 3.95. The van der Waals surface area contributed by atoms with Crippen molar-refractivity contribution in [1.82, 2.24) is 0 Å². The molecular weight excluding hydrogens is 195 g/mol. The third kappa shape index (κ3) is 2.55. The summed E-state index contributed by atoms with van der Waals surface area (Å²) in [6.07, 6.45) is 1.26. The number of aliphatic hydroxyl groups excluding tert-OH is 1. The highest BCUT2D eigenvalue weighted by Crippen LogP contribution is 2.29. The number of aliphatic hydroxyl groups is 1. The Morgan fingerprint density at radius 1 is 1.20 bits per heavy atom. The van der Waals surface area contributed by atoms with Gasteiger partial charge in [-0.1, -0.05) is 12.1 Å². The van der Waals surface area contributed by atoms with Crippen molar-refractivity contribution in [2.75, 3.05) is 13.2 Å². The molecule has 0 aliphatic carbocycles. The fraction of sp³-hybridized carbons (Fsp3) is 0.500. The maximum absolute atomic E-state index is 12.7. The van der Waals surface area contributed by atoms with E-state index in [0.717, 1.165) is 18.4 Å². The molecule has 0 spiro atoms. The van der Waals surface area contributed by atoms with Crippen LogP contribution in [0.1, 0.15) is 24.5 Å². The number of ether oxygens (including phenoxy) is 1. The topological polar surface area (TPSA) is 29.5 Å². The first-order chi connectivity index (χ1) is 7.27. The van der Waals surface area contributed by atoms with E-state index in [1.54, 1.807) is 12.1 Å². The van der Waals surface area contributed by atoms with Gasteiger partial charge in [0.1, 0.15) is 5.82 Å². The van der Waals surface area contributed by atoms with E-state index < -0.39 is 6.10 Å². The maximum atomic E-state index is 12.7. The van der Waals surface area contributed by atoms with Crippen LogP contribution in [-0.4, -0.2) is 18.3 Å². The van der Waals surface area contributed by atoms with E-state index in [2.05, 4.69) is 0 Å². The number of rotatable bonds is 2. The van der Waals surface area contributed by atoms with Crippen molar-refractivity contribution in [2.45, 2.75) is 18.9 Å². The Labute approximate surface area is 88.7 Å². The molecule has 0 aromatic heterocycles. The standard InChI is InChI=1S/C12H15FO2/c13-11-3-1-9(2-4-11)12(14)10-5-7-15-8-6-10/h1-4,10,12,14H,5-8H2/t12-/m1/s1. The van der Waals surface area contributed by atoms with Crippen LogP contribution >= 0.6 is 0 Å². The molecule has 3 heteroatoms. The normalized spacial score (nSPS) is 20.1. The molecule has 0 unspecified atom stereocenters. The van der Waals surface area contributed by atoms with Gasteiger partial charge in [0.15, 0.2) is 0 Å². The average Bonchev–Trinajstić information content (AvgIpc) is 2.30. The Morgan fingerprint density at radius 2 is 1.80 bits per heavy atom. The minimum atomic E-state index is -0.491. The van der Waals surface area contributed by atoms with E-state index in [4.69, 9.17) is 4.74 Å². The molecule has 0 radical (unpaired) electrons. The highest BCUT2D eigenvalue weighted by Gasteiger charge is 2.23. The molecule has 2 nitrogen and oxygen atoms in total. The molecule has 0 amide bonds. The molecule has 1 aromatic carbocycles. The molecule has 0 bridgehead atoms. The predicted octanol–water partition coefficient (Wildman–Crippen LogP) is 2.29. The monoisotopic (exact) mass is 210 g/mol. The number of halogens is 1. The lowest BCUT2D eigenvalue weighted by atomic mass is 9.89. The number of benzene rings is 1. The molecule has 1 N–H and O–H groups in total. The average molecular weight is 210 g/mol. The molecular formula is C12H15FO2. The molecule has 1 atom stereocenters. The zero-order valence-electron chi connectivity index (χ0n) is 8.53. The van der Waals surface area contributed by atoms with E-state index in [1.807, 2.05) is 0 Å². The molecule has 15 heavy (non-hydrogen) atoms. The molecule has 1 saturated heterocycles. The Morgan fingerprint density at radius 3 is 2.40 bits per heavy atom. The fourth-order valence-corrected chi connectivity index (χ4v) is 1.96. The summed E-state index contributed by atoms with van der Waals surface area (Å²) >= 11 is 0. The van der Waals surface area contributed by atoms with Crippen molar-refractivity contribution >= 4 is 0 Å². The summed E-state index contributed by atoms with van der Waals surface area (Å²) in [6, 6.07) is 6.07. The molecule has 1 aliphatic heterocycles. The largest absolute Gasteiger partial charge is 0.388 e. The first-order valence-electron chi connectivity index (χ1n) is 5.28. The van der Waals surface area contributed by atoms with E-state index in [9.17, 15) is 9.50 Å². The van der Waals surface area contributed by atoms with E-state index in [-0.39, 0.29) is 11.7 Å². The zero-order chi connectivity index (χ0) is 10.7.